The summed E-state index contributed by atoms with van der Waals surface area (Å²) in [5.74, 6) is 0.700. The maximum Gasteiger partial charge on any atom is 0.249 e. The van der Waals surface area contributed by atoms with E-state index in [1.165, 1.54) is 0 Å². The molecule has 250 valence electrons. The molecule has 2 amide bonds. The van der Waals surface area contributed by atoms with Crippen LogP contribution in [-0.2, 0) is 21.4 Å². The highest BCUT2D eigenvalue weighted by molar-refractivity contribution is 5.90. The number of hydrogen-bond acceptors (Lipinski definition) is 9. The second-order valence-electron chi connectivity index (χ2n) is 13.6. The van der Waals surface area contributed by atoms with Crippen molar-refractivity contribution < 1.29 is 28.3 Å². The molecule has 4 bridgehead atoms. The molecule has 5 atom stereocenters. The average molecular weight is 660 g/mol. The monoisotopic (exact) mass is 659 g/mol. The van der Waals surface area contributed by atoms with E-state index in [0.29, 0.717) is 23.0 Å². The Labute approximate surface area is 283 Å². The Balaban J connectivity index is 1.36. The minimum Gasteiger partial charge on any atom is -0.469 e. The van der Waals surface area contributed by atoms with Gasteiger partial charge in [-0.1, -0.05) is 88.4 Å². The average Bonchev–Trinajstić information content (AvgIpc) is 3.87. The van der Waals surface area contributed by atoms with Crippen LogP contribution in [0.25, 0.3) is 22.9 Å². The minimum absolute atomic E-state index is 0.163. The number of rotatable bonds is 6. The van der Waals surface area contributed by atoms with Gasteiger partial charge in [0.15, 0.2) is 23.4 Å². The number of anilines is 1. The van der Waals surface area contributed by atoms with E-state index in [4.69, 9.17) is 23.5 Å². The Morgan fingerprint density at radius 2 is 1.76 bits per heavy atom. The molecular weight excluding hydrogens is 622 g/mol. The van der Waals surface area contributed by atoms with Crippen LogP contribution in [0, 0.1) is 11.8 Å². The smallest absolute Gasteiger partial charge is 0.249 e. The van der Waals surface area contributed by atoms with Crippen molar-refractivity contribution in [2.45, 2.75) is 63.9 Å². The molecule has 11 nitrogen and oxygen atoms in total. The van der Waals surface area contributed by atoms with Crippen molar-refractivity contribution in [2.24, 2.45) is 11.8 Å². The summed E-state index contributed by atoms with van der Waals surface area (Å²) < 4.78 is 19.9. The molecule has 0 fully saturated rings. The lowest BCUT2D eigenvalue weighted by Gasteiger charge is -2.29. The summed E-state index contributed by atoms with van der Waals surface area (Å²) in [7, 11) is 0. The third kappa shape index (κ3) is 4.90. The van der Waals surface area contributed by atoms with Crippen LogP contribution in [-0.4, -0.2) is 45.3 Å². The van der Waals surface area contributed by atoms with Gasteiger partial charge in [0.05, 0.1) is 6.20 Å². The Kier molecular flexibility index (Phi) is 7.33. The summed E-state index contributed by atoms with van der Waals surface area (Å²) in [6.07, 6.45) is -0.0162. The molecule has 49 heavy (non-hydrogen) atoms. The van der Waals surface area contributed by atoms with Crippen LogP contribution in [0.5, 0.6) is 5.75 Å². The number of aromatic nitrogens is 2. The number of fused-ring (bicyclic) bond motifs is 4. The number of para-hydroxylation sites is 1. The van der Waals surface area contributed by atoms with Gasteiger partial charge in [0, 0.05) is 23.2 Å². The predicted molar refractivity (Wildman–Crippen MR) is 180 cm³/mol. The van der Waals surface area contributed by atoms with Crippen LogP contribution in [0.2, 0.25) is 0 Å². The Morgan fingerprint density at radius 1 is 0.980 bits per heavy atom. The number of nitrogens with one attached hydrogen (secondary N) is 3. The van der Waals surface area contributed by atoms with Gasteiger partial charge in [-0.15, -0.1) is 0 Å². The van der Waals surface area contributed by atoms with E-state index in [0.717, 1.165) is 27.9 Å². The highest BCUT2D eigenvalue weighted by atomic mass is 16.5. The van der Waals surface area contributed by atoms with Crippen molar-refractivity contribution in [3.8, 4) is 28.7 Å². The number of amides is 2. The molecule has 4 N–H and O–H groups in total. The van der Waals surface area contributed by atoms with Crippen molar-refractivity contribution >= 4 is 17.5 Å². The molecule has 0 saturated carbocycles. The largest absolute Gasteiger partial charge is 0.469 e. The number of carbonyl (C=O) groups is 2. The number of carbonyl (C=O) groups excluding carboxylic acids is 2. The fourth-order valence-corrected chi connectivity index (χ4v) is 7.13. The van der Waals surface area contributed by atoms with Gasteiger partial charge in [0.25, 0.3) is 0 Å². The van der Waals surface area contributed by atoms with Crippen molar-refractivity contribution in [2.75, 3.05) is 5.32 Å². The number of hydrogen-bond donors (Lipinski definition) is 4. The standard InChI is InChI=1S/C38H37N5O6/c1-19(2)29-36-43-30(35-39-18-28(47-35)22-10-6-5-7-11-22)32(49-36)38-23-12-8-9-13-25(23)41-37(38)48-27-15-14-21(16-24(27)38)17-26(33(45)42-29)40-34(46)31(44)20(3)4/h5-16,18-20,26,29,31,37,41,44H,17H2,1-4H3,(H,40,46)(H,42,45)/t26?,29-,31-,37-,38?/m0/s1. The van der Waals surface area contributed by atoms with Gasteiger partial charge in [0.2, 0.25) is 23.6 Å². The second-order valence-corrected chi connectivity index (χ2v) is 13.6. The van der Waals surface area contributed by atoms with Crippen LogP contribution >= 0.6 is 0 Å². The maximum atomic E-state index is 14.0. The Hall–Kier alpha value is -5.42. The molecule has 3 aliphatic rings. The second kappa shape index (κ2) is 11.6. The molecule has 0 saturated heterocycles. The molecule has 1 spiro atoms. The molecular formula is C38H37N5O6. The van der Waals surface area contributed by atoms with Gasteiger partial charge in [-0.25, -0.2) is 9.97 Å². The number of oxazole rings is 2. The lowest BCUT2D eigenvalue weighted by Crippen LogP contribution is -2.52. The van der Waals surface area contributed by atoms with E-state index in [-0.39, 0.29) is 30.0 Å². The maximum absolute atomic E-state index is 14.0. The first kappa shape index (κ1) is 30.9. The summed E-state index contributed by atoms with van der Waals surface area (Å²) in [6.45, 7) is 7.42. The topological polar surface area (TPSA) is 152 Å². The zero-order valence-corrected chi connectivity index (χ0v) is 27.6. The summed E-state index contributed by atoms with van der Waals surface area (Å²) in [5, 5.41) is 20.0. The first-order valence-corrected chi connectivity index (χ1v) is 16.6. The van der Waals surface area contributed by atoms with Gasteiger partial charge >= 0.3 is 0 Å². The number of benzene rings is 3. The number of ether oxygens (including phenoxy) is 1. The van der Waals surface area contributed by atoms with Crippen LogP contribution in [0.4, 0.5) is 5.69 Å². The molecule has 3 aliphatic heterocycles. The van der Waals surface area contributed by atoms with E-state index in [1.807, 2.05) is 86.6 Å². The van der Waals surface area contributed by atoms with Gasteiger partial charge in [-0.3, -0.25) is 9.59 Å². The SMILES string of the molecule is CC(C)[C@H](O)C(=O)NC1Cc2ccc3c(c2)C2(c4ccccc4N[C@H]2O3)c2oc(nc2-c2ncc(-c3ccccc3)o2)[C@H](C(C)C)NC1=O. The van der Waals surface area contributed by atoms with E-state index >= 15 is 0 Å². The summed E-state index contributed by atoms with van der Waals surface area (Å²) in [4.78, 5) is 36.9. The van der Waals surface area contributed by atoms with Crippen LogP contribution in [0.15, 0.2) is 87.8 Å². The van der Waals surface area contributed by atoms with Gasteiger partial charge in [0.1, 0.15) is 29.4 Å². The molecule has 0 aliphatic carbocycles. The first-order valence-electron chi connectivity index (χ1n) is 16.6. The number of aliphatic hydroxyl groups is 1. The zero-order valence-electron chi connectivity index (χ0n) is 27.6. The molecule has 5 aromatic rings. The fraction of sp³-hybridized carbons (Fsp3) is 0.316. The van der Waals surface area contributed by atoms with Crippen molar-refractivity contribution in [3.63, 3.8) is 0 Å². The van der Waals surface area contributed by atoms with Crippen LogP contribution in [0.3, 0.4) is 0 Å². The number of aliphatic hydroxyl groups excluding tert-OH is 1. The summed E-state index contributed by atoms with van der Waals surface area (Å²) >= 11 is 0. The van der Waals surface area contributed by atoms with Gasteiger partial charge in [-0.05, 0) is 35.1 Å². The molecule has 11 heteroatoms. The lowest BCUT2D eigenvalue weighted by atomic mass is 9.72. The van der Waals surface area contributed by atoms with Crippen molar-refractivity contribution in [1.29, 1.82) is 0 Å². The fourth-order valence-electron chi connectivity index (χ4n) is 7.13. The van der Waals surface area contributed by atoms with Gasteiger partial charge in [-0.2, -0.15) is 0 Å². The zero-order chi connectivity index (χ0) is 34.0. The Morgan fingerprint density at radius 3 is 2.53 bits per heavy atom. The van der Waals surface area contributed by atoms with Crippen LogP contribution < -0.4 is 20.7 Å². The summed E-state index contributed by atoms with van der Waals surface area (Å²) in [5.41, 5.74) is 3.67. The first-order chi connectivity index (χ1) is 23.6. The minimum atomic E-state index is -1.27. The molecule has 5 heterocycles. The van der Waals surface area contributed by atoms with E-state index < -0.39 is 41.6 Å². The van der Waals surface area contributed by atoms with E-state index in [2.05, 4.69) is 16.0 Å². The third-order valence-corrected chi connectivity index (χ3v) is 9.72. The Bertz CT molecular complexity index is 2070. The predicted octanol–water partition coefficient (Wildman–Crippen LogP) is 5.35. The highest BCUT2D eigenvalue weighted by Crippen LogP contribution is 2.59. The normalized spacial score (nSPS) is 22.7. The lowest BCUT2D eigenvalue weighted by molar-refractivity contribution is -0.135. The van der Waals surface area contributed by atoms with Crippen molar-refractivity contribution in [3.05, 3.63) is 107 Å². The third-order valence-electron chi connectivity index (χ3n) is 9.72. The van der Waals surface area contributed by atoms with Gasteiger partial charge < -0.3 is 34.6 Å². The highest BCUT2D eigenvalue weighted by Gasteiger charge is 2.61. The summed E-state index contributed by atoms with van der Waals surface area (Å²) in [6, 6.07) is 21.8. The number of nitrogens with zero attached hydrogens (tertiary/aromatic N) is 2. The van der Waals surface area contributed by atoms with Crippen molar-refractivity contribution in [1.82, 2.24) is 20.6 Å². The van der Waals surface area contributed by atoms with E-state index in [1.54, 1.807) is 20.0 Å². The van der Waals surface area contributed by atoms with Crippen LogP contribution in [0.1, 0.15) is 62.1 Å². The molecule has 2 aromatic heterocycles. The quantitative estimate of drug-likeness (QED) is 0.189. The molecule has 2 unspecified atom stereocenters. The molecule has 8 rings (SSSR count). The van der Waals surface area contributed by atoms with E-state index in [9.17, 15) is 14.7 Å². The molecule has 3 aromatic carbocycles. The molecule has 0 radical (unpaired) electrons.